The van der Waals surface area contributed by atoms with E-state index in [9.17, 15) is 27.9 Å². The number of anilines is 1. The molecule has 3 amide bonds. The summed E-state index contributed by atoms with van der Waals surface area (Å²) in [5, 5.41) is 15.7. The van der Waals surface area contributed by atoms with E-state index in [4.69, 9.17) is 4.74 Å². The lowest BCUT2D eigenvalue weighted by Crippen LogP contribution is -2.49. The summed E-state index contributed by atoms with van der Waals surface area (Å²) in [5.41, 5.74) is 3.61. The number of amides is 3. The summed E-state index contributed by atoms with van der Waals surface area (Å²) < 4.78 is 31.7. The zero-order chi connectivity index (χ0) is 40.5. The molecule has 0 spiro atoms. The summed E-state index contributed by atoms with van der Waals surface area (Å²) in [6, 6.07) is 24.5. The third kappa shape index (κ3) is 14.4. The number of nitrogens with one attached hydrogen (secondary N) is 2. The number of phenolic OH excluding ortho intramolecular Hbond substituents is 1. The fourth-order valence-electron chi connectivity index (χ4n) is 7.32. The van der Waals surface area contributed by atoms with Crippen molar-refractivity contribution >= 4 is 33.6 Å². The van der Waals surface area contributed by atoms with E-state index in [2.05, 4.69) is 20.4 Å². The average Bonchev–Trinajstić information content (AvgIpc) is 3.22. The summed E-state index contributed by atoms with van der Waals surface area (Å²) in [6.07, 6.45) is 4.80. The van der Waals surface area contributed by atoms with Gasteiger partial charge in [-0.1, -0.05) is 60.7 Å². The van der Waals surface area contributed by atoms with Gasteiger partial charge in [-0.25, -0.2) is 13.2 Å². The number of hydrogen-bond acceptors (Lipinski definition) is 9. The highest BCUT2D eigenvalue weighted by Crippen LogP contribution is 2.28. The third-order valence-corrected chi connectivity index (χ3v) is 12.6. The molecule has 0 aromatic heterocycles. The van der Waals surface area contributed by atoms with Crippen LogP contribution in [-0.4, -0.2) is 128 Å². The van der Waals surface area contributed by atoms with Gasteiger partial charge in [-0.3, -0.25) is 14.9 Å². The number of para-hydroxylation sites is 1. The van der Waals surface area contributed by atoms with Crippen LogP contribution < -0.4 is 10.6 Å². The fourth-order valence-corrected chi connectivity index (χ4v) is 8.41. The quantitative estimate of drug-likeness (QED) is 0.125. The number of rotatable bonds is 20. The van der Waals surface area contributed by atoms with Crippen LogP contribution in [0, 0.1) is 0 Å². The first-order valence-electron chi connectivity index (χ1n) is 20.5. The number of phenols is 1. The molecule has 310 valence electrons. The Balaban J connectivity index is 0.940. The van der Waals surface area contributed by atoms with Crippen molar-refractivity contribution in [3.05, 3.63) is 84.4 Å². The van der Waals surface area contributed by atoms with Crippen molar-refractivity contribution in [3.8, 4) is 16.9 Å². The topological polar surface area (TPSA) is 152 Å². The maximum atomic E-state index is 13.4. The van der Waals surface area contributed by atoms with Gasteiger partial charge in [0.1, 0.15) is 11.9 Å². The first kappa shape index (κ1) is 43.6. The summed E-state index contributed by atoms with van der Waals surface area (Å²) in [7, 11) is -3.17. The van der Waals surface area contributed by atoms with Crippen LogP contribution in [0.25, 0.3) is 11.1 Å². The fraction of sp³-hybridized carbons (Fsp3) is 0.512. The second kappa shape index (κ2) is 22.4. The first-order chi connectivity index (χ1) is 27.6. The minimum absolute atomic E-state index is 0.0161. The summed E-state index contributed by atoms with van der Waals surface area (Å²) in [6.45, 7) is 8.54. The standard InChI is InChI=1S/C43H60N6O7S/c1-2-57(54,55)49-32-30-46(31-33-49)25-11-16-42(52)48(34-35-17-19-37(50)20-18-35)26-10-4-9-24-44-41(51)23-29-47-27-21-38(22-28-47)56-43(53)45-40-15-8-7-14-39(40)36-12-5-3-6-13-36/h3,5-8,12-15,17-20,38,50H,2,4,9-11,16,21-34H2,1H3,(H,44,51)(H,45,53). The maximum absolute atomic E-state index is 13.4. The molecule has 2 fully saturated rings. The van der Waals surface area contributed by atoms with E-state index in [0.717, 1.165) is 55.6 Å². The van der Waals surface area contributed by atoms with Crippen LogP contribution in [0.1, 0.15) is 63.9 Å². The molecule has 13 nitrogen and oxygen atoms in total. The largest absolute Gasteiger partial charge is 0.508 e. The van der Waals surface area contributed by atoms with Crippen molar-refractivity contribution < 1.29 is 32.6 Å². The minimum atomic E-state index is -3.17. The van der Waals surface area contributed by atoms with Crippen molar-refractivity contribution in [1.82, 2.24) is 24.3 Å². The highest BCUT2D eigenvalue weighted by molar-refractivity contribution is 7.89. The molecule has 0 unspecified atom stereocenters. The van der Waals surface area contributed by atoms with Crippen LogP contribution in [-0.2, 0) is 30.9 Å². The van der Waals surface area contributed by atoms with E-state index >= 15 is 0 Å². The second-order valence-corrected chi connectivity index (χ2v) is 17.1. The number of likely N-dealkylation sites (tertiary alicyclic amines) is 1. The highest BCUT2D eigenvalue weighted by Gasteiger charge is 2.26. The summed E-state index contributed by atoms with van der Waals surface area (Å²) in [4.78, 5) is 45.1. The predicted molar refractivity (Wildman–Crippen MR) is 223 cm³/mol. The number of sulfonamides is 1. The normalized spacial score (nSPS) is 15.9. The molecule has 2 saturated heterocycles. The van der Waals surface area contributed by atoms with E-state index in [-0.39, 0.29) is 29.4 Å². The average molecular weight is 805 g/mol. The van der Waals surface area contributed by atoms with Gasteiger partial charge in [0.05, 0.1) is 11.4 Å². The Morgan fingerprint density at radius 1 is 0.789 bits per heavy atom. The number of aromatic hydroxyl groups is 1. The van der Waals surface area contributed by atoms with E-state index in [1.54, 1.807) is 23.4 Å². The monoisotopic (exact) mass is 804 g/mol. The predicted octanol–water partition coefficient (Wildman–Crippen LogP) is 5.53. The molecular weight excluding hydrogens is 745 g/mol. The van der Waals surface area contributed by atoms with Crippen LogP contribution in [0.15, 0.2) is 78.9 Å². The van der Waals surface area contributed by atoms with Gasteiger partial charge in [0.25, 0.3) is 0 Å². The number of hydrogen-bond donors (Lipinski definition) is 3. The molecule has 3 aromatic rings. The van der Waals surface area contributed by atoms with Crippen LogP contribution in [0.2, 0.25) is 0 Å². The number of unbranched alkanes of at least 4 members (excludes halogenated alkanes) is 2. The molecule has 5 rings (SSSR count). The molecule has 3 aromatic carbocycles. The first-order valence-corrected chi connectivity index (χ1v) is 22.1. The van der Waals surface area contributed by atoms with E-state index < -0.39 is 16.1 Å². The van der Waals surface area contributed by atoms with E-state index in [1.165, 1.54) is 0 Å². The van der Waals surface area contributed by atoms with Crippen molar-refractivity contribution in [2.75, 3.05) is 76.5 Å². The Labute approximate surface area is 338 Å². The van der Waals surface area contributed by atoms with Crippen molar-refractivity contribution in [2.24, 2.45) is 0 Å². The van der Waals surface area contributed by atoms with Gasteiger partial charge >= 0.3 is 6.09 Å². The van der Waals surface area contributed by atoms with Gasteiger partial charge in [-0.15, -0.1) is 0 Å². The number of nitrogens with zero attached hydrogens (tertiary/aromatic N) is 4. The molecule has 2 aliphatic heterocycles. The molecule has 0 radical (unpaired) electrons. The van der Waals surface area contributed by atoms with E-state index in [0.29, 0.717) is 90.1 Å². The summed E-state index contributed by atoms with van der Waals surface area (Å²) >= 11 is 0. The second-order valence-electron chi connectivity index (χ2n) is 14.9. The molecule has 0 bridgehead atoms. The highest BCUT2D eigenvalue weighted by atomic mass is 32.2. The molecule has 2 heterocycles. The molecule has 57 heavy (non-hydrogen) atoms. The Morgan fingerprint density at radius 3 is 2.19 bits per heavy atom. The van der Waals surface area contributed by atoms with Crippen LogP contribution in [0.5, 0.6) is 5.75 Å². The van der Waals surface area contributed by atoms with Crippen LogP contribution in [0.3, 0.4) is 0 Å². The van der Waals surface area contributed by atoms with Crippen LogP contribution in [0.4, 0.5) is 10.5 Å². The van der Waals surface area contributed by atoms with Crippen LogP contribution >= 0.6 is 0 Å². The van der Waals surface area contributed by atoms with E-state index in [1.807, 2.05) is 71.6 Å². The Morgan fingerprint density at radius 2 is 1.47 bits per heavy atom. The number of ether oxygens (including phenoxy) is 1. The zero-order valence-corrected chi connectivity index (χ0v) is 34.1. The van der Waals surface area contributed by atoms with Gasteiger partial charge in [-0.05, 0) is 81.3 Å². The van der Waals surface area contributed by atoms with Crippen molar-refractivity contribution in [1.29, 1.82) is 0 Å². The lowest BCUT2D eigenvalue weighted by atomic mass is 10.0. The SMILES string of the molecule is CCS(=O)(=O)N1CCN(CCCC(=O)N(CCCCCNC(=O)CCN2CCC(OC(=O)Nc3ccccc3-c3ccccc3)CC2)Cc2ccc(O)cc2)CC1. The van der Waals surface area contributed by atoms with Gasteiger partial charge in [-0.2, -0.15) is 4.31 Å². The molecule has 0 aliphatic carbocycles. The molecule has 2 aliphatic rings. The number of piperazine rings is 1. The Hall–Kier alpha value is -4.50. The zero-order valence-electron chi connectivity index (χ0n) is 33.3. The summed E-state index contributed by atoms with van der Waals surface area (Å²) in [5.74, 6) is 0.389. The number of benzene rings is 3. The Kier molecular flexibility index (Phi) is 17.2. The van der Waals surface area contributed by atoms with Gasteiger partial charge in [0.2, 0.25) is 21.8 Å². The van der Waals surface area contributed by atoms with Gasteiger partial charge in [0, 0.05) is 83.9 Å². The molecule has 3 N–H and O–H groups in total. The number of carbonyl (C=O) groups excluding carboxylic acids is 3. The van der Waals surface area contributed by atoms with Crippen molar-refractivity contribution in [2.45, 2.75) is 70.9 Å². The molecule has 14 heteroatoms. The lowest BCUT2D eigenvalue weighted by molar-refractivity contribution is -0.132. The molecular formula is C43H60N6O7S. The molecule has 0 atom stereocenters. The number of piperidine rings is 1. The maximum Gasteiger partial charge on any atom is 0.411 e. The smallest absolute Gasteiger partial charge is 0.411 e. The molecule has 0 saturated carbocycles. The van der Waals surface area contributed by atoms with Gasteiger partial charge in [0.15, 0.2) is 0 Å². The van der Waals surface area contributed by atoms with Gasteiger partial charge < -0.3 is 29.9 Å². The number of carbonyl (C=O) groups is 3. The van der Waals surface area contributed by atoms with Crippen molar-refractivity contribution in [3.63, 3.8) is 0 Å². The third-order valence-electron chi connectivity index (χ3n) is 10.8. The Bertz CT molecular complexity index is 1810. The lowest BCUT2D eigenvalue weighted by Gasteiger charge is -2.33. The minimum Gasteiger partial charge on any atom is -0.508 e.